The molecule has 5 nitrogen and oxygen atoms in total. The Labute approximate surface area is 86.9 Å². The van der Waals surface area contributed by atoms with Crippen molar-refractivity contribution in [2.24, 2.45) is 0 Å². The average molecular weight is 236 g/mol. The zero-order valence-corrected chi connectivity index (χ0v) is 8.85. The third-order valence-corrected chi connectivity index (χ3v) is 4.03. The zero-order chi connectivity index (χ0) is 10.2. The Bertz CT molecular complexity index is 397. The summed E-state index contributed by atoms with van der Waals surface area (Å²) in [5, 5.41) is 6.15. The Morgan fingerprint density at radius 3 is 2.79 bits per heavy atom. The van der Waals surface area contributed by atoms with Crippen LogP contribution in [0.4, 0.5) is 0 Å². The van der Waals surface area contributed by atoms with Gasteiger partial charge in [0.05, 0.1) is 6.20 Å². The van der Waals surface area contributed by atoms with Gasteiger partial charge in [-0.15, -0.1) is 11.6 Å². The first kappa shape index (κ1) is 9.95. The van der Waals surface area contributed by atoms with E-state index < -0.39 is 10.0 Å². The first-order chi connectivity index (χ1) is 6.58. The van der Waals surface area contributed by atoms with E-state index in [1.807, 2.05) is 0 Å². The molecule has 0 bridgehead atoms. The lowest BCUT2D eigenvalue weighted by Gasteiger charge is -2.30. The molecule has 0 amide bonds. The summed E-state index contributed by atoms with van der Waals surface area (Å²) < 4.78 is 25.7. The van der Waals surface area contributed by atoms with Crippen molar-refractivity contribution in [3.8, 4) is 0 Å². The molecule has 14 heavy (non-hydrogen) atoms. The number of nitrogens with one attached hydrogen (secondary N) is 2. The minimum atomic E-state index is -3.40. The van der Waals surface area contributed by atoms with Crippen LogP contribution < -0.4 is 4.72 Å². The summed E-state index contributed by atoms with van der Waals surface area (Å²) in [6.07, 6.45) is 4.01. The van der Waals surface area contributed by atoms with Gasteiger partial charge in [0.25, 0.3) is 0 Å². The first-order valence-electron chi connectivity index (χ1n) is 4.23. The van der Waals surface area contributed by atoms with E-state index >= 15 is 0 Å². The lowest BCUT2D eigenvalue weighted by molar-refractivity contribution is 0.391. The molecule has 0 spiro atoms. The lowest BCUT2D eigenvalue weighted by Crippen LogP contribution is -2.44. The number of sulfonamides is 1. The third-order valence-electron chi connectivity index (χ3n) is 2.19. The largest absolute Gasteiger partial charge is 0.284 e. The summed E-state index contributed by atoms with van der Waals surface area (Å²) in [5.74, 6) is 0. The van der Waals surface area contributed by atoms with E-state index in [1.165, 1.54) is 12.4 Å². The van der Waals surface area contributed by atoms with E-state index in [0.717, 1.165) is 0 Å². The number of hydrogen-bond acceptors (Lipinski definition) is 3. The van der Waals surface area contributed by atoms with Crippen molar-refractivity contribution in [3.05, 3.63) is 12.4 Å². The molecule has 0 atom stereocenters. The van der Waals surface area contributed by atoms with Crippen molar-refractivity contribution in [1.29, 1.82) is 0 Å². The van der Waals surface area contributed by atoms with Gasteiger partial charge >= 0.3 is 0 Å². The van der Waals surface area contributed by atoms with Gasteiger partial charge in [0.2, 0.25) is 10.0 Å². The summed E-state index contributed by atoms with van der Waals surface area (Å²) in [7, 11) is -3.40. The van der Waals surface area contributed by atoms with Crippen LogP contribution in [0.1, 0.15) is 12.8 Å². The molecule has 1 aromatic heterocycles. The Kier molecular flexibility index (Phi) is 2.50. The molecule has 2 rings (SSSR count). The highest BCUT2D eigenvalue weighted by molar-refractivity contribution is 7.89. The smallest absolute Gasteiger partial charge is 0.243 e. The van der Waals surface area contributed by atoms with E-state index in [1.54, 1.807) is 0 Å². The Morgan fingerprint density at radius 1 is 1.57 bits per heavy atom. The number of nitrogens with zero attached hydrogens (tertiary/aromatic N) is 1. The predicted molar refractivity (Wildman–Crippen MR) is 51.6 cm³/mol. The number of halogens is 1. The molecule has 0 unspecified atom stereocenters. The van der Waals surface area contributed by atoms with Crippen LogP contribution in [0.25, 0.3) is 0 Å². The minimum absolute atomic E-state index is 0.0302. The maximum Gasteiger partial charge on any atom is 0.243 e. The predicted octanol–water partition coefficient (Wildman–Crippen LogP) is 0.458. The number of alkyl halides is 1. The van der Waals surface area contributed by atoms with Crippen LogP contribution in [0.2, 0.25) is 0 Å². The maximum atomic E-state index is 11.6. The highest BCUT2D eigenvalue weighted by atomic mass is 35.5. The summed E-state index contributed by atoms with van der Waals surface area (Å²) in [6.45, 7) is 0. The molecule has 1 saturated carbocycles. The van der Waals surface area contributed by atoms with E-state index in [4.69, 9.17) is 11.6 Å². The van der Waals surface area contributed by atoms with Crippen LogP contribution in [0.3, 0.4) is 0 Å². The van der Waals surface area contributed by atoms with E-state index in [9.17, 15) is 8.42 Å². The van der Waals surface area contributed by atoms with Gasteiger partial charge in [0, 0.05) is 17.6 Å². The van der Waals surface area contributed by atoms with Crippen LogP contribution in [0, 0.1) is 0 Å². The second-order valence-electron chi connectivity index (χ2n) is 3.32. The molecule has 0 aliphatic heterocycles. The normalized spacial score (nSPS) is 27.2. The Balaban J connectivity index is 2.04. The van der Waals surface area contributed by atoms with E-state index in [0.29, 0.717) is 12.8 Å². The fourth-order valence-corrected chi connectivity index (χ4v) is 2.91. The van der Waals surface area contributed by atoms with Crippen LogP contribution in [0.5, 0.6) is 0 Å². The molecule has 1 aromatic rings. The van der Waals surface area contributed by atoms with Crippen molar-refractivity contribution in [2.75, 3.05) is 0 Å². The van der Waals surface area contributed by atoms with Crippen molar-refractivity contribution in [3.63, 3.8) is 0 Å². The standard InChI is InChI=1S/C7H10ClN3O2S/c8-5-1-6(2-5)11-14(12,13)7-3-9-10-4-7/h3-6,11H,1-2H2,(H,9,10). The van der Waals surface area contributed by atoms with Crippen molar-refractivity contribution < 1.29 is 8.42 Å². The van der Waals surface area contributed by atoms with Gasteiger partial charge in [-0.25, -0.2) is 13.1 Å². The topological polar surface area (TPSA) is 74.8 Å². The summed E-state index contributed by atoms with van der Waals surface area (Å²) in [4.78, 5) is 0.163. The molecular weight excluding hydrogens is 226 g/mol. The highest BCUT2D eigenvalue weighted by Crippen LogP contribution is 2.26. The average Bonchev–Trinajstić information content (AvgIpc) is 2.52. The molecule has 1 fully saturated rings. The summed E-state index contributed by atoms with van der Waals surface area (Å²) in [5.41, 5.74) is 0. The van der Waals surface area contributed by atoms with Crippen LogP contribution in [-0.2, 0) is 10.0 Å². The molecule has 2 N–H and O–H groups in total. The number of rotatable bonds is 3. The van der Waals surface area contributed by atoms with Crippen molar-refractivity contribution in [1.82, 2.24) is 14.9 Å². The minimum Gasteiger partial charge on any atom is -0.284 e. The SMILES string of the molecule is O=S(=O)(NC1CC(Cl)C1)c1cn[nH]c1. The zero-order valence-electron chi connectivity index (χ0n) is 7.27. The van der Waals surface area contributed by atoms with Crippen molar-refractivity contribution in [2.45, 2.75) is 29.2 Å². The molecule has 0 radical (unpaired) electrons. The molecule has 78 valence electrons. The molecule has 0 saturated heterocycles. The van der Waals surface area contributed by atoms with Crippen molar-refractivity contribution >= 4 is 21.6 Å². The fourth-order valence-electron chi connectivity index (χ4n) is 1.32. The molecule has 1 heterocycles. The number of H-pyrrole nitrogens is 1. The highest BCUT2D eigenvalue weighted by Gasteiger charge is 2.31. The van der Waals surface area contributed by atoms with Crippen LogP contribution >= 0.6 is 11.6 Å². The van der Waals surface area contributed by atoms with Crippen LogP contribution in [0.15, 0.2) is 17.3 Å². The molecule has 0 aromatic carbocycles. The first-order valence-corrected chi connectivity index (χ1v) is 6.15. The molecule has 1 aliphatic carbocycles. The van der Waals surface area contributed by atoms with Gasteiger partial charge < -0.3 is 0 Å². The Hall–Kier alpha value is -0.590. The van der Waals surface area contributed by atoms with Gasteiger partial charge in [0.1, 0.15) is 4.90 Å². The molecule has 7 heteroatoms. The van der Waals surface area contributed by atoms with E-state index in [-0.39, 0.29) is 16.3 Å². The van der Waals surface area contributed by atoms with E-state index in [2.05, 4.69) is 14.9 Å². The second-order valence-corrected chi connectivity index (χ2v) is 5.65. The maximum absolute atomic E-state index is 11.6. The monoisotopic (exact) mass is 235 g/mol. The van der Waals surface area contributed by atoms with Gasteiger partial charge in [-0.05, 0) is 12.8 Å². The lowest BCUT2D eigenvalue weighted by atomic mass is 9.94. The van der Waals surface area contributed by atoms with Gasteiger partial charge in [-0.1, -0.05) is 0 Å². The molecule has 1 aliphatic rings. The fraction of sp³-hybridized carbons (Fsp3) is 0.571. The molecular formula is C7H10ClN3O2S. The summed E-state index contributed by atoms with van der Waals surface area (Å²) in [6, 6.07) is -0.0302. The van der Waals surface area contributed by atoms with Gasteiger partial charge in [0.15, 0.2) is 0 Å². The Morgan fingerprint density at radius 2 is 2.29 bits per heavy atom. The number of aromatic nitrogens is 2. The van der Waals surface area contributed by atoms with Gasteiger partial charge in [-0.2, -0.15) is 5.10 Å². The number of aromatic amines is 1. The summed E-state index contributed by atoms with van der Waals surface area (Å²) >= 11 is 5.74. The quantitative estimate of drug-likeness (QED) is 0.748. The second kappa shape index (κ2) is 3.52. The number of hydrogen-bond donors (Lipinski definition) is 2. The third kappa shape index (κ3) is 1.92. The van der Waals surface area contributed by atoms with Crippen LogP contribution in [-0.4, -0.2) is 30.0 Å². The van der Waals surface area contributed by atoms with Gasteiger partial charge in [-0.3, -0.25) is 5.10 Å².